The van der Waals surface area contributed by atoms with E-state index in [0.717, 1.165) is 16.7 Å². The first-order valence-electron chi connectivity index (χ1n) is 3.40. The molecule has 4 heteroatoms. The zero-order valence-corrected chi connectivity index (χ0v) is 7.87. The molecule has 60 valence electrons. The standard InChI is InChI=1S/C7H10BrN3/c1-5(9)2-7-10-3-6(8)4-11-7/h3-5H,2,9H2,1H3. The number of hydrogen-bond acceptors (Lipinski definition) is 3. The molecule has 3 nitrogen and oxygen atoms in total. The Bertz CT molecular complexity index is 220. The fraction of sp³-hybridized carbons (Fsp3) is 0.429. The van der Waals surface area contributed by atoms with Crippen LogP contribution >= 0.6 is 15.9 Å². The van der Waals surface area contributed by atoms with Crippen LogP contribution in [-0.2, 0) is 6.42 Å². The van der Waals surface area contributed by atoms with Crippen LogP contribution in [0, 0.1) is 0 Å². The van der Waals surface area contributed by atoms with Crippen molar-refractivity contribution in [2.75, 3.05) is 0 Å². The van der Waals surface area contributed by atoms with Crippen molar-refractivity contribution < 1.29 is 0 Å². The largest absolute Gasteiger partial charge is 0.328 e. The summed E-state index contributed by atoms with van der Waals surface area (Å²) in [4.78, 5) is 8.16. The van der Waals surface area contributed by atoms with Gasteiger partial charge in [-0.1, -0.05) is 0 Å². The van der Waals surface area contributed by atoms with Gasteiger partial charge in [0.1, 0.15) is 5.82 Å². The lowest BCUT2D eigenvalue weighted by atomic mass is 10.2. The van der Waals surface area contributed by atoms with Gasteiger partial charge in [0.05, 0.1) is 4.47 Å². The number of rotatable bonds is 2. The molecule has 0 saturated carbocycles. The van der Waals surface area contributed by atoms with E-state index >= 15 is 0 Å². The van der Waals surface area contributed by atoms with Crippen LogP contribution in [-0.4, -0.2) is 16.0 Å². The molecule has 0 saturated heterocycles. The fourth-order valence-electron chi connectivity index (χ4n) is 0.732. The minimum atomic E-state index is 0.121. The molecule has 1 aromatic heterocycles. The molecule has 0 aliphatic rings. The molecule has 1 rings (SSSR count). The molecule has 0 aliphatic carbocycles. The first-order valence-corrected chi connectivity index (χ1v) is 4.20. The van der Waals surface area contributed by atoms with E-state index in [1.54, 1.807) is 12.4 Å². The van der Waals surface area contributed by atoms with Crippen molar-refractivity contribution in [3.63, 3.8) is 0 Å². The molecule has 2 N–H and O–H groups in total. The number of halogens is 1. The van der Waals surface area contributed by atoms with Gasteiger partial charge in [-0.3, -0.25) is 0 Å². The first-order chi connectivity index (χ1) is 5.18. The van der Waals surface area contributed by atoms with Crippen molar-refractivity contribution in [1.82, 2.24) is 9.97 Å². The van der Waals surface area contributed by atoms with Gasteiger partial charge in [-0.2, -0.15) is 0 Å². The predicted molar refractivity (Wildman–Crippen MR) is 47.1 cm³/mol. The van der Waals surface area contributed by atoms with Gasteiger partial charge in [0, 0.05) is 24.9 Å². The second kappa shape index (κ2) is 3.78. The molecule has 0 spiro atoms. The van der Waals surface area contributed by atoms with Crippen LogP contribution in [0.4, 0.5) is 0 Å². The van der Waals surface area contributed by atoms with Gasteiger partial charge in [0.15, 0.2) is 0 Å². The van der Waals surface area contributed by atoms with E-state index in [1.165, 1.54) is 0 Å². The highest BCUT2D eigenvalue weighted by atomic mass is 79.9. The molecule has 1 heterocycles. The summed E-state index contributed by atoms with van der Waals surface area (Å²) in [6.45, 7) is 1.94. The summed E-state index contributed by atoms with van der Waals surface area (Å²) in [7, 11) is 0. The quantitative estimate of drug-likeness (QED) is 0.806. The molecule has 0 fully saturated rings. The monoisotopic (exact) mass is 215 g/mol. The summed E-state index contributed by atoms with van der Waals surface area (Å²) in [5.41, 5.74) is 5.57. The molecular formula is C7H10BrN3. The number of nitrogens with two attached hydrogens (primary N) is 1. The third-order valence-corrected chi connectivity index (χ3v) is 1.59. The predicted octanol–water partition coefficient (Wildman–Crippen LogP) is 1.13. The second-order valence-corrected chi connectivity index (χ2v) is 3.41. The molecule has 0 amide bonds. The second-order valence-electron chi connectivity index (χ2n) is 2.50. The molecule has 0 aromatic carbocycles. The summed E-state index contributed by atoms with van der Waals surface area (Å²) >= 11 is 3.26. The topological polar surface area (TPSA) is 51.8 Å². The lowest BCUT2D eigenvalue weighted by Gasteiger charge is -2.01. The van der Waals surface area contributed by atoms with Crippen LogP contribution in [0.3, 0.4) is 0 Å². The Hall–Kier alpha value is -0.480. The summed E-state index contributed by atoms with van der Waals surface area (Å²) < 4.78 is 0.894. The third kappa shape index (κ3) is 2.95. The van der Waals surface area contributed by atoms with Crippen LogP contribution in [0.15, 0.2) is 16.9 Å². The van der Waals surface area contributed by atoms with Gasteiger partial charge >= 0.3 is 0 Å². The molecule has 11 heavy (non-hydrogen) atoms. The van der Waals surface area contributed by atoms with E-state index < -0.39 is 0 Å². The maximum Gasteiger partial charge on any atom is 0.129 e. The Balaban J connectivity index is 2.66. The van der Waals surface area contributed by atoms with Gasteiger partial charge in [0.25, 0.3) is 0 Å². The molecule has 0 aliphatic heterocycles. The van der Waals surface area contributed by atoms with E-state index in [0.29, 0.717) is 0 Å². The molecule has 0 bridgehead atoms. The van der Waals surface area contributed by atoms with Crippen LogP contribution in [0.1, 0.15) is 12.7 Å². The molecule has 1 unspecified atom stereocenters. The maximum absolute atomic E-state index is 5.57. The van der Waals surface area contributed by atoms with E-state index in [1.807, 2.05) is 6.92 Å². The van der Waals surface area contributed by atoms with Gasteiger partial charge in [-0.05, 0) is 22.9 Å². The fourth-order valence-corrected chi connectivity index (χ4v) is 0.937. The molecule has 1 aromatic rings. The van der Waals surface area contributed by atoms with E-state index in [-0.39, 0.29) is 6.04 Å². The summed E-state index contributed by atoms with van der Waals surface area (Å²) in [5.74, 6) is 0.795. The van der Waals surface area contributed by atoms with Crippen LogP contribution in [0.5, 0.6) is 0 Å². The van der Waals surface area contributed by atoms with Crippen molar-refractivity contribution in [1.29, 1.82) is 0 Å². The van der Waals surface area contributed by atoms with E-state index in [4.69, 9.17) is 5.73 Å². The highest BCUT2D eigenvalue weighted by molar-refractivity contribution is 9.10. The van der Waals surface area contributed by atoms with Crippen molar-refractivity contribution >= 4 is 15.9 Å². The SMILES string of the molecule is CC(N)Cc1ncc(Br)cn1. The van der Waals surface area contributed by atoms with Gasteiger partial charge in [-0.25, -0.2) is 9.97 Å². The molecule has 1 atom stereocenters. The van der Waals surface area contributed by atoms with Crippen LogP contribution in [0.25, 0.3) is 0 Å². The normalized spacial score (nSPS) is 13.0. The number of hydrogen-bond donors (Lipinski definition) is 1. The highest BCUT2D eigenvalue weighted by Crippen LogP contribution is 2.04. The Morgan fingerprint density at radius 3 is 2.55 bits per heavy atom. The van der Waals surface area contributed by atoms with Crippen molar-refractivity contribution in [2.24, 2.45) is 5.73 Å². The van der Waals surface area contributed by atoms with Crippen molar-refractivity contribution in [3.8, 4) is 0 Å². The van der Waals surface area contributed by atoms with Gasteiger partial charge < -0.3 is 5.73 Å². The molecular weight excluding hydrogens is 206 g/mol. The van der Waals surface area contributed by atoms with Crippen LogP contribution < -0.4 is 5.73 Å². The van der Waals surface area contributed by atoms with Crippen molar-refractivity contribution in [2.45, 2.75) is 19.4 Å². The Morgan fingerprint density at radius 1 is 1.55 bits per heavy atom. The van der Waals surface area contributed by atoms with E-state index in [2.05, 4.69) is 25.9 Å². The Kier molecular flexibility index (Phi) is 2.96. The molecule has 0 radical (unpaired) electrons. The average Bonchev–Trinajstić information content (AvgIpc) is 1.93. The average molecular weight is 216 g/mol. The number of aromatic nitrogens is 2. The zero-order chi connectivity index (χ0) is 8.27. The Morgan fingerprint density at radius 2 is 2.09 bits per heavy atom. The smallest absolute Gasteiger partial charge is 0.129 e. The van der Waals surface area contributed by atoms with Gasteiger partial charge in [0.2, 0.25) is 0 Å². The summed E-state index contributed by atoms with van der Waals surface area (Å²) in [5, 5.41) is 0. The highest BCUT2D eigenvalue weighted by Gasteiger charge is 1.99. The van der Waals surface area contributed by atoms with Crippen LogP contribution in [0.2, 0.25) is 0 Å². The van der Waals surface area contributed by atoms with Crippen molar-refractivity contribution in [3.05, 3.63) is 22.7 Å². The minimum Gasteiger partial charge on any atom is -0.328 e. The minimum absolute atomic E-state index is 0.121. The lowest BCUT2D eigenvalue weighted by Crippen LogP contribution is -2.19. The lowest BCUT2D eigenvalue weighted by molar-refractivity contribution is 0.701. The first kappa shape index (κ1) is 8.62. The summed E-state index contributed by atoms with van der Waals surface area (Å²) in [6.07, 6.45) is 4.18. The number of nitrogens with zero attached hydrogens (tertiary/aromatic N) is 2. The Labute approximate surface area is 74.2 Å². The maximum atomic E-state index is 5.57. The zero-order valence-electron chi connectivity index (χ0n) is 6.29. The third-order valence-electron chi connectivity index (χ3n) is 1.18. The van der Waals surface area contributed by atoms with Gasteiger partial charge in [-0.15, -0.1) is 0 Å². The van der Waals surface area contributed by atoms with E-state index in [9.17, 15) is 0 Å². The summed E-state index contributed by atoms with van der Waals surface area (Å²) in [6, 6.07) is 0.121.